The molecule has 1 aromatic heterocycles. The Kier molecular flexibility index (Phi) is 6.27. The van der Waals surface area contributed by atoms with Gasteiger partial charge in [0.2, 0.25) is 0 Å². The zero-order valence-electron chi connectivity index (χ0n) is 18.6. The first-order chi connectivity index (χ1) is 16.3. The van der Waals surface area contributed by atoms with Crippen molar-refractivity contribution in [1.29, 1.82) is 0 Å². The van der Waals surface area contributed by atoms with E-state index in [1.54, 1.807) is 6.20 Å². The number of carbonyl (C=O) groups excluding carboxylic acids is 1. The number of rotatable bonds is 6. The molecular weight excluding hydrogens is 406 g/mol. The summed E-state index contributed by atoms with van der Waals surface area (Å²) in [5, 5.41) is 2.04. The lowest BCUT2D eigenvalue weighted by atomic mass is 9.99. The van der Waals surface area contributed by atoms with Gasteiger partial charge in [0.25, 0.3) is 5.91 Å². The molecule has 1 amide bonds. The van der Waals surface area contributed by atoms with Gasteiger partial charge in [-0.25, -0.2) is 4.98 Å². The van der Waals surface area contributed by atoms with Crippen molar-refractivity contribution in [2.24, 2.45) is 0 Å². The van der Waals surface area contributed by atoms with Gasteiger partial charge in [0.1, 0.15) is 5.82 Å². The van der Waals surface area contributed by atoms with Crippen LogP contribution in [0.2, 0.25) is 0 Å². The predicted octanol–water partition coefficient (Wildman–Crippen LogP) is 5.67. The number of amides is 1. The molecule has 4 nitrogen and oxygen atoms in total. The minimum Gasteiger partial charge on any atom is -0.298 e. The van der Waals surface area contributed by atoms with Gasteiger partial charge in [0, 0.05) is 37.9 Å². The van der Waals surface area contributed by atoms with Crippen molar-refractivity contribution in [3.63, 3.8) is 0 Å². The molecule has 0 saturated heterocycles. The molecular formula is C29H27N3O. The summed E-state index contributed by atoms with van der Waals surface area (Å²) < 4.78 is 0. The first kappa shape index (κ1) is 21.1. The van der Waals surface area contributed by atoms with Crippen LogP contribution in [-0.4, -0.2) is 42.0 Å². The molecule has 0 spiro atoms. The zero-order valence-corrected chi connectivity index (χ0v) is 18.6. The highest BCUT2D eigenvalue weighted by atomic mass is 16.2. The van der Waals surface area contributed by atoms with Gasteiger partial charge in [-0.15, -0.1) is 0 Å². The highest BCUT2D eigenvalue weighted by Crippen LogP contribution is 2.24. The van der Waals surface area contributed by atoms with Gasteiger partial charge in [-0.1, -0.05) is 78.9 Å². The van der Waals surface area contributed by atoms with Gasteiger partial charge in [0.05, 0.1) is 0 Å². The molecule has 1 aliphatic heterocycles. The minimum absolute atomic E-state index is 0.0111. The number of hydrogen-bond donors (Lipinski definition) is 0. The number of carbonyl (C=O) groups is 1. The molecule has 0 N–H and O–H groups in total. The molecule has 2 heterocycles. The molecule has 3 aromatic carbocycles. The lowest BCUT2D eigenvalue weighted by molar-refractivity contribution is 0.0984. The summed E-state index contributed by atoms with van der Waals surface area (Å²) in [5.41, 5.74) is 3.42. The van der Waals surface area contributed by atoms with E-state index >= 15 is 0 Å². The van der Waals surface area contributed by atoms with Crippen LogP contribution in [0.5, 0.6) is 0 Å². The predicted molar refractivity (Wildman–Crippen MR) is 135 cm³/mol. The van der Waals surface area contributed by atoms with Crippen molar-refractivity contribution < 1.29 is 4.79 Å². The maximum atomic E-state index is 13.7. The van der Waals surface area contributed by atoms with E-state index in [1.807, 2.05) is 65.6 Å². The van der Waals surface area contributed by atoms with Crippen LogP contribution < -0.4 is 4.90 Å². The Morgan fingerprint density at radius 3 is 2.45 bits per heavy atom. The van der Waals surface area contributed by atoms with Crippen LogP contribution in [0, 0.1) is 0 Å². The maximum Gasteiger partial charge on any atom is 0.260 e. The van der Waals surface area contributed by atoms with Crippen molar-refractivity contribution in [2.45, 2.75) is 6.42 Å². The maximum absolute atomic E-state index is 13.7. The van der Waals surface area contributed by atoms with Gasteiger partial charge in [-0.3, -0.25) is 14.6 Å². The molecule has 33 heavy (non-hydrogen) atoms. The molecule has 4 aromatic rings. The SMILES string of the molecule is O=C(c1cccc2ccccc12)N(CCN1CC=C(c2ccccc2)CC1)c1ccccn1. The summed E-state index contributed by atoms with van der Waals surface area (Å²) in [5.74, 6) is 0.677. The summed E-state index contributed by atoms with van der Waals surface area (Å²) >= 11 is 0. The number of nitrogens with zero attached hydrogens (tertiary/aromatic N) is 3. The number of fused-ring (bicyclic) bond motifs is 1. The third kappa shape index (κ3) is 4.71. The molecule has 4 heteroatoms. The van der Waals surface area contributed by atoms with Crippen LogP contribution in [-0.2, 0) is 0 Å². The zero-order chi connectivity index (χ0) is 22.5. The van der Waals surface area contributed by atoms with Gasteiger partial charge in [-0.05, 0) is 46.5 Å². The lowest BCUT2D eigenvalue weighted by Crippen LogP contribution is -2.40. The molecule has 0 unspecified atom stereocenters. The van der Waals surface area contributed by atoms with Crippen LogP contribution in [0.25, 0.3) is 16.3 Å². The van der Waals surface area contributed by atoms with Crippen LogP contribution >= 0.6 is 0 Å². The van der Waals surface area contributed by atoms with E-state index in [-0.39, 0.29) is 5.91 Å². The van der Waals surface area contributed by atoms with E-state index < -0.39 is 0 Å². The molecule has 0 aliphatic carbocycles. The number of aromatic nitrogens is 1. The van der Waals surface area contributed by atoms with Crippen molar-refractivity contribution in [2.75, 3.05) is 31.1 Å². The monoisotopic (exact) mass is 433 g/mol. The summed E-state index contributed by atoms with van der Waals surface area (Å²) in [6, 6.07) is 30.2. The molecule has 0 radical (unpaired) electrons. The second-order valence-corrected chi connectivity index (χ2v) is 8.32. The molecule has 0 bridgehead atoms. The summed E-state index contributed by atoms with van der Waals surface area (Å²) in [7, 11) is 0. The third-order valence-corrected chi connectivity index (χ3v) is 6.27. The molecule has 0 fully saturated rings. The fourth-order valence-corrected chi connectivity index (χ4v) is 4.46. The van der Waals surface area contributed by atoms with E-state index in [1.165, 1.54) is 11.1 Å². The number of anilines is 1. The second kappa shape index (κ2) is 9.80. The molecule has 5 rings (SSSR count). The van der Waals surface area contributed by atoms with Crippen LogP contribution in [0.15, 0.2) is 103 Å². The third-order valence-electron chi connectivity index (χ3n) is 6.27. The average Bonchev–Trinajstić information content (AvgIpc) is 2.90. The van der Waals surface area contributed by atoms with Crippen LogP contribution in [0.3, 0.4) is 0 Å². The van der Waals surface area contributed by atoms with E-state index in [9.17, 15) is 4.79 Å². The lowest BCUT2D eigenvalue weighted by Gasteiger charge is -2.30. The molecule has 0 saturated carbocycles. The largest absolute Gasteiger partial charge is 0.298 e. The first-order valence-corrected chi connectivity index (χ1v) is 11.5. The van der Waals surface area contributed by atoms with Crippen LogP contribution in [0.1, 0.15) is 22.3 Å². The van der Waals surface area contributed by atoms with Gasteiger partial charge in [0.15, 0.2) is 0 Å². The fraction of sp³-hybridized carbons (Fsp3) is 0.172. The Morgan fingerprint density at radius 2 is 1.67 bits per heavy atom. The average molecular weight is 434 g/mol. The number of benzene rings is 3. The number of hydrogen-bond acceptors (Lipinski definition) is 3. The second-order valence-electron chi connectivity index (χ2n) is 8.32. The van der Waals surface area contributed by atoms with E-state index in [4.69, 9.17) is 0 Å². The van der Waals surface area contributed by atoms with Crippen LogP contribution in [0.4, 0.5) is 5.82 Å². The molecule has 1 aliphatic rings. The standard InChI is InChI=1S/C29H27N3O/c33-29(27-14-8-12-25-11-4-5-13-26(25)27)32(28-15-6-7-18-30-28)22-21-31-19-16-24(17-20-31)23-9-2-1-3-10-23/h1-16,18H,17,19-22H2. The summed E-state index contributed by atoms with van der Waals surface area (Å²) in [6.45, 7) is 3.27. The Labute approximate surface area is 194 Å². The first-order valence-electron chi connectivity index (χ1n) is 11.5. The highest BCUT2D eigenvalue weighted by Gasteiger charge is 2.22. The highest BCUT2D eigenvalue weighted by molar-refractivity contribution is 6.13. The van der Waals surface area contributed by atoms with Gasteiger partial charge >= 0.3 is 0 Å². The quantitative estimate of drug-likeness (QED) is 0.393. The van der Waals surface area contributed by atoms with Crippen molar-refractivity contribution in [1.82, 2.24) is 9.88 Å². The van der Waals surface area contributed by atoms with Gasteiger partial charge < -0.3 is 0 Å². The Hall–Kier alpha value is -3.76. The summed E-state index contributed by atoms with van der Waals surface area (Å²) in [6.07, 6.45) is 5.08. The van der Waals surface area contributed by atoms with E-state index in [0.29, 0.717) is 17.9 Å². The summed E-state index contributed by atoms with van der Waals surface area (Å²) in [4.78, 5) is 22.4. The molecule has 164 valence electrons. The normalized spacial score (nSPS) is 14.1. The van der Waals surface area contributed by atoms with E-state index in [0.717, 1.165) is 36.8 Å². The number of pyridine rings is 1. The Balaban J connectivity index is 1.35. The Morgan fingerprint density at radius 1 is 0.879 bits per heavy atom. The smallest absolute Gasteiger partial charge is 0.260 e. The Bertz CT molecular complexity index is 1260. The minimum atomic E-state index is -0.0111. The fourth-order valence-electron chi connectivity index (χ4n) is 4.46. The van der Waals surface area contributed by atoms with Gasteiger partial charge in [-0.2, -0.15) is 0 Å². The molecule has 0 atom stereocenters. The van der Waals surface area contributed by atoms with Crippen molar-refractivity contribution >= 4 is 28.1 Å². The van der Waals surface area contributed by atoms with Crippen molar-refractivity contribution in [3.05, 3.63) is 114 Å². The van der Waals surface area contributed by atoms with Crippen molar-refractivity contribution in [3.8, 4) is 0 Å². The topological polar surface area (TPSA) is 36.4 Å². The van der Waals surface area contributed by atoms with E-state index in [2.05, 4.69) is 46.3 Å².